The Balaban J connectivity index is 1.81. The number of thiophene rings is 1. The molecule has 0 aromatic carbocycles. The fourth-order valence-corrected chi connectivity index (χ4v) is 2.01. The van der Waals surface area contributed by atoms with Gasteiger partial charge in [0, 0.05) is 6.04 Å². The Hall–Kier alpha value is -1.03. The van der Waals surface area contributed by atoms with Crippen LogP contribution in [-0.2, 0) is 0 Å². The Morgan fingerprint density at radius 1 is 1.64 bits per heavy atom. The molecular weight excluding hydrogens is 196 g/mol. The van der Waals surface area contributed by atoms with E-state index >= 15 is 0 Å². The zero-order chi connectivity index (χ0) is 9.97. The molecule has 2 amide bonds. The first-order valence-corrected chi connectivity index (χ1v) is 5.79. The molecule has 0 aliphatic heterocycles. The Bertz CT molecular complexity index is 306. The lowest BCUT2D eigenvalue weighted by Crippen LogP contribution is -2.38. The van der Waals surface area contributed by atoms with Crippen molar-refractivity contribution in [3.63, 3.8) is 0 Å². The molecule has 1 saturated carbocycles. The number of carbonyl (C=O) groups is 1. The van der Waals surface area contributed by atoms with Crippen LogP contribution in [0.3, 0.4) is 0 Å². The van der Waals surface area contributed by atoms with Gasteiger partial charge in [0.1, 0.15) is 0 Å². The number of nitrogens with one attached hydrogen (secondary N) is 2. The van der Waals surface area contributed by atoms with Crippen LogP contribution < -0.4 is 10.6 Å². The highest BCUT2D eigenvalue weighted by Gasteiger charge is 2.23. The highest BCUT2D eigenvalue weighted by molar-refractivity contribution is 7.07. The first-order chi connectivity index (χ1) is 6.75. The van der Waals surface area contributed by atoms with Crippen molar-refractivity contribution in [2.75, 3.05) is 0 Å². The van der Waals surface area contributed by atoms with E-state index in [0.29, 0.717) is 6.04 Å². The van der Waals surface area contributed by atoms with Crippen molar-refractivity contribution < 1.29 is 4.79 Å². The van der Waals surface area contributed by atoms with Gasteiger partial charge in [-0.15, -0.1) is 0 Å². The number of carbonyl (C=O) groups excluding carboxylic acids is 1. The highest BCUT2D eigenvalue weighted by Crippen LogP contribution is 2.19. The summed E-state index contributed by atoms with van der Waals surface area (Å²) < 4.78 is 0. The molecule has 0 saturated heterocycles. The Labute approximate surface area is 87.5 Å². The van der Waals surface area contributed by atoms with Gasteiger partial charge in [0.2, 0.25) is 0 Å². The van der Waals surface area contributed by atoms with Crippen LogP contribution in [0.5, 0.6) is 0 Å². The minimum Gasteiger partial charge on any atom is -0.335 e. The first-order valence-electron chi connectivity index (χ1n) is 4.85. The zero-order valence-corrected chi connectivity index (χ0v) is 8.93. The summed E-state index contributed by atoms with van der Waals surface area (Å²) in [6, 6.07) is 2.50. The van der Waals surface area contributed by atoms with Crippen LogP contribution in [0.4, 0.5) is 4.79 Å². The molecule has 1 aliphatic carbocycles. The van der Waals surface area contributed by atoms with Crippen LogP contribution in [-0.4, -0.2) is 12.1 Å². The molecule has 0 bridgehead atoms. The monoisotopic (exact) mass is 210 g/mol. The molecule has 1 heterocycles. The molecular formula is C10H14N2OS. The fraction of sp³-hybridized carbons (Fsp3) is 0.500. The predicted octanol–water partition coefficient (Wildman–Crippen LogP) is 2.27. The average molecular weight is 210 g/mol. The predicted molar refractivity (Wildman–Crippen MR) is 57.4 cm³/mol. The molecule has 76 valence electrons. The highest BCUT2D eigenvalue weighted by atomic mass is 32.1. The van der Waals surface area contributed by atoms with Gasteiger partial charge in [-0.1, -0.05) is 0 Å². The molecule has 0 radical (unpaired) electrons. The van der Waals surface area contributed by atoms with E-state index in [1.165, 1.54) is 5.56 Å². The van der Waals surface area contributed by atoms with Crippen molar-refractivity contribution in [1.29, 1.82) is 0 Å². The normalized spacial score (nSPS) is 17.5. The number of urea groups is 1. The van der Waals surface area contributed by atoms with Gasteiger partial charge in [0.15, 0.2) is 0 Å². The second-order valence-corrected chi connectivity index (χ2v) is 4.45. The summed E-state index contributed by atoms with van der Waals surface area (Å²) in [4.78, 5) is 11.4. The van der Waals surface area contributed by atoms with E-state index in [0.717, 1.165) is 12.8 Å². The second-order valence-electron chi connectivity index (χ2n) is 3.67. The van der Waals surface area contributed by atoms with Gasteiger partial charge >= 0.3 is 6.03 Å². The first kappa shape index (κ1) is 9.52. The maximum atomic E-state index is 11.4. The summed E-state index contributed by atoms with van der Waals surface area (Å²) in [5.41, 5.74) is 1.17. The van der Waals surface area contributed by atoms with Crippen LogP contribution in [0.2, 0.25) is 0 Å². The van der Waals surface area contributed by atoms with E-state index < -0.39 is 0 Å². The Kier molecular flexibility index (Phi) is 2.72. The van der Waals surface area contributed by atoms with Gasteiger partial charge < -0.3 is 10.6 Å². The molecule has 1 aliphatic rings. The maximum absolute atomic E-state index is 11.4. The van der Waals surface area contributed by atoms with Crippen molar-refractivity contribution in [1.82, 2.24) is 10.6 Å². The van der Waals surface area contributed by atoms with Crippen molar-refractivity contribution in [3.8, 4) is 0 Å². The summed E-state index contributed by atoms with van der Waals surface area (Å²) in [7, 11) is 0. The molecule has 0 spiro atoms. The lowest BCUT2D eigenvalue weighted by molar-refractivity contribution is 0.237. The number of amides is 2. The van der Waals surface area contributed by atoms with E-state index in [-0.39, 0.29) is 12.1 Å². The Morgan fingerprint density at radius 3 is 3.00 bits per heavy atom. The van der Waals surface area contributed by atoms with Crippen molar-refractivity contribution in [2.24, 2.45) is 0 Å². The molecule has 1 unspecified atom stereocenters. The van der Waals surface area contributed by atoms with Crippen molar-refractivity contribution in [2.45, 2.75) is 31.8 Å². The van der Waals surface area contributed by atoms with Gasteiger partial charge in [-0.05, 0) is 42.2 Å². The van der Waals surface area contributed by atoms with Gasteiger partial charge in [-0.2, -0.15) is 11.3 Å². The third-order valence-electron chi connectivity index (χ3n) is 2.30. The lowest BCUT2D eigenvalue weighted by Gasteiger charge is -2.12. The lowest BCUT2D eigenvalue weighted by atomic mass is 10.2. The summed E-state index contributed by atoms with van der Waals surface area (Å²) in [5.74, 6) is 0. The van der Waals surface area contributed by atoms with Crippen LogP contribution >= 0.6 is 11.3 Å². The minimum absolute atomic E-state index is 0.0498. The molecule has 1 aromatic rings. The Morgan fingerprint density at radius 2 is 2.43 bits per heavy atom. The molecule has 2 rings (SSSR count). The van der Waals surface area contributed by atoms with Gasteiger partial charge in [0.05, 0.1) is 6.04 Å². The topological polar surface area (TPSA) is 41.1 Å². The second kappa shape index (κ2) is 4.00. The molecule has 1 fully saturated rings. The van der Waals surface area contributed by atoms with Crippen LogP contribution in [0.15, 0.2) is 16.8 Å². The van der Waals surface area contributed by atoms with E-state index in [1.807, 2.05) is 18.4 Å². The molecule has 14 heavy (non-hydrogen) atoms. The van der Waals surface area contributed by atoms with Crippen LogP contribution in [0, 0.1) is 0 Å². The van der Waals surface area contributed by atoms with Gasteiger partial charge in [0.25, 0.3) is 0 Å². The molecule has 1 aromatic heterocycles. The number of rotatable bonds is 3. The fourth-order valence-electron chi connectivity index (χ4n) is 1.26. The van der Waals surface area contributed by atoms with Gasteiger partial charge in [-0.3, -0.25) is 0 Å². The van der Waals surface area contributed by atoms with E-state index in [9.17, 15) is 4.79 Å². The zero-order valence-electron chi connectivity index (χ0n) is 8.12. The maximum Gasteiger partial charge on any atom is 0.315 e. The molecule has 3 nitrogen and oxygen atoms in total. The summed E-state index contributed by atoms with van der Waals surface area (Å²) in [6.07, 6.45) is 2.25. The largest absolute Gasteiger partial charge is 0.335 e. The van der Waals surface area contributed by atoms with Crippen LogP contribution in [0.1, 0.15) is 31.4 Å². The minimum atomic E-state index is -0.0498. The van der Waals surface area contributed by atoms with E-state index in [4.69, 9.17) is 0 Å². The smallest absolute Gasteiger partial charge is 0.315 e. The van der Waals surface area contributed by atoms with E-state index in [2.05, 4.69) is 16.0 Å². The third-order valence-corrected chi connectivity index (χ3v) is 3.00. The van der Waals surface area contributed by atoms with Gasteiger partial charge in [-0.25, -0.2) is 4.79 Å². The third kappa shape index (κ3) is 2.48. The van der Waals surface area contributed by atoms with E-state index in [1.54, 1.807) is 11.3 Å². The van der Waals surface area contributed by atoms with Crippen molar-refractivity contribution >= 4 is 17.4 Å². The molecule has 1 atom stereocenters. The van der Waals surface area contributed by atoms with Crippen LogP contribution in [0.25, 0.3) is 0 Å². The summed E-state index contributed by atoms with van der Waals surface area (Å²) >= 11 is 1.65. The SMILES string of the molecule is CC(NC(=O)NC1CC1)c1ccsc1. The standard InChI is InChI=1S/C10H14N2OS/c1-7(8-4-5-14-6-8)11-10(13)12-9-2-3-9/h4-7,9H,2-3H2,1H3,(H2,11,12,13). The number of hydrogen-bond acceptors (Lipinski definition) is 2. The van der Waals surface area contributed by atoms with Crippen molar-refractivity contribution in [3.05, 3.63) is 22.4 Å². The molecule has 4 heteroatoms. The quantitative estimate of drug-likeness (QED) is 0.789. The molecule has 2 N–H and O–H groups in total. The summed E-state index contributed by atoms with van der Waals surface area (Å²) in [5, 5.41) is 9.89. The summed E-state index contributed by atoms with van der Waals surface area (Å²) in [6.45, 7) is 1.99. The average Bonchev–Trinajstić information content (AvgIpc) is 2.80. The number of hydrogen-bond donors (Lipinski definition) is 2.